The Hall–Kier alpha value is -2.24. The molecule has 1 saturated heterocycles. The molecule has 1 aliphatic heterocycles. The number of carbonyl (C=O) groups is 1. The molecule has 4 rings (SSSR count). The van der Waals surface area contributed by atoms with Crippen molar-refractivity contribution in [2.24, 2.45) is 0 Å². The van der Waals surface area contributed by atoms with Gasteiger partial charge in [-0.2, -0.15) is 0 Å². The zero-order valence-electron chi connectivity index (χ0n) is 15.5. The van der Waals surface area contributed by atoms with Crippen molar-refractivity contribution in [3.05, 3.63) is 70.4 Å². The fourth-order valence-electron chi connectivity index (χ4n) is 3.92. The highest BCUT2D eigenvalue weighted by Gasteiger charge is 2.29. The van der Waals surface area contributed by atoms with E-state index in [9.17, 15) is 9.18 Å². The minimum Gasteiger partial charge on any atom is -0.347 e. The maximum atomic E-state index is 14.1. The smallest absolute Gasteiger partial charge is 0.261 e. The molecule has 1 aliphatic rings. The van der Waals surface area contributed by atoms with E-state index in [-0.39, 0.29) is 17.8 Å². The molecule has 0 radical (unpaired) electrons. The Morgan fingerprint density at radius 3 is 2.74 bits per heavy atom. The Kier molecular flexibility index (Phi) is 4.98. The lowest BCUT2D eigenvalue weighted by molar-refractivity contribution is 0.0940. The number of halogens is 1. The van der Waals surface area contributed by atoms with Crippen LogP contribution < -0.4 is 5.32 Å². The van der Waals surface area contributed by atoms with E-state index >= 15 is 0 Å². The van der Waals surface area contributed by atoms with E-state index in [1.807, 2.05) is 19.1 Å². The number of likely N-dealkylation sites (tertiary alicyclic amines) is 1. The molecule has 140 valence electrons. The van der Waals surface area contributed by atoms with E-state index in [1.165, 1.54) is 23.0 Å². The first kappa shape index (κ1) is 18.1. The van der Waals surface area contributed by atoms with Crippen LogP contribution in [-0.2, 0) is 0 Å². The van der Waals surface area contributed by atoms with Crippen molar-refractivity contribution >= 4 is 27.3 Å². The molecule has 0 bridgehead atoms. The molecule has 0 aliphatic carbocycles. The number of fused-ring (bicyclic) bond motifs is 1. The van der Waals surface area contributed by atoms with E-state index in [2.05, 4.69) is 41.4 Å². The average Bonchev–Trinajstić information content (AvgIpc) is 3.27. The summed E-state index contributed by atoms with van der Waals surface area (Å²) in [6.45, 7) is 5.83. The molecule has 2 heterocycles. The number of nitrogens with zero attached hydrogens (tertiary/aromatic N) is 1. The van der Waals surface area contributed by atoms with E-state index in [0.29, 0.717) is 16.3 Å². The van der Waals surface area contributed by atoms with Crippen molar-refractivity contribution in [2.75, 3.05) is 13.1 Å². The Bertz CT molecular complexity index is 969. The summed E-state index contributed by atoms with van der Waals surface area (Å²) in [4.78, 5) is 15.8. The molecule has 2 unspecified atom stereocenters. The predicted octanol–water partition coefficient (Wildman–Crippen LogP) is 4.91. The van der Waals surface area contributed by atoms with Gasteiger partial charge < -0.3 is 5.32 Å². The van der Waals surface area contributed by atoms with Crippen molar-refractivity contribution in [3.8, 4) is 0 Å². The summed E-state index contributed by atoms with van der Waals surface area (Å²) in [5.74, 6) is -0.351. The Morgan fingerprint density at radius 1 is 1.22 bits per heavy atom. The largest absolute Gasteiger partial charge is 0.347 e. The van der Waals surface area contributed by atoms with Crippen molar-refractivity contribution in [2.45, 2.75) is 32.4 Å². The van der Waals surface area contributed by atoms with Crippen LogP contribution in [0.2, 0.25) is 0 Å². The van der Waals surface area contributed by atoms with Gasteiger partial charge in [0.25, 0.3) is 5.91 Å². The maximum absolute atomic E-state index is 14.1. The summed E-state index contributed by atoms with van der Waals surface area (Å²) in [7, 11) is 0. The van der Waals surface area contributed by atoms with Crippen LogP contribution >= 0.6 is 11.3 Å². The quantitative estimate of drug-likeness (QED) is 0.695. The van der Waals surface area contributed by atoms with Crippen LogP contribution in [0, 0.1) is 12.7 Å². The van der Waals surface area contributed by atoms with Crippen LogP contribution in [0.1, 0.15) is 40.2 Å². The lowest BCUT2D eigenvalue weighted by Crippen LogP contribution is -2.37. The van der Waals surface area contributed by atoms with Gasteiger partial charge in [-0.25, -0.2) is 4.39 Å². The zero-order valence-corrected chi connectivity index (χ0v) is 16.4. The van der Waals surface area contributed by atoms with E-state index in [1.54, 1.807) is 6.07 Å². The normalized spacial score (nSPS) is 18.7. The number of aryl methyl sites for hydroxylation is 1. The van der Waals surface area contributed by atoms with Gasteiger partial charge in [0.1, 0.15) is 5.82 Å². The van der Waals surface area contributed by atoms with Crippen molar-refractivity contribution in [3.63, 3.8) is 0 Å². The average molecular weight is 383 g/mol. The van der Waals surface area contributed by atoms with Crippen LogP contribution in [0.3, 0.4) is 0 Å². The molecule has 1 aromatic heterocycles. The molecule has 2 aromatic carbocycles. The first-order valence-electron chi connectivity index (χ1n) is 9.32. The van der Waals surface area contributed by atoms with Gasteiger partial charge in [-0.05, 0) is 43.5 Å². The van der Waals surface area contributed by atoms with Crippen LogP contribution in [0.25, 0.3) is 10.1 Å². The van der Waals surface area contributed by atoms with Gasteiger partial charge in [0.15, 0.2) is 0 Å². The lowest BCUT2D eigenvalue weighted by Gasteiger charge is -2.24. The third-order valence-corrected chi connectivity index (χ3v) is 6.75. The second-order valence-electron chi connectivity index (χ2n) is 7.21. The number of thiophene rings is 1. The molecule has 0 saturated carbocycles. The summed E-state index contributed by atoms with van der Waals surface area (Å²) >= 11 is 1.37. The SMILES string of the molecule is Cc1c(C(=O)NC2CCN(C(C)c3ccccc3)C2)sc2cccc(F)c12. The molecular formula is C22H23FN2OS. The number of amides is 1. The molecule has 1 fully saturated rings. The summed E-state index contributed by atoms with van der Waals surface area (Å²) in [5.41, 5.74) is 2.03. The van der Waals surface area contributed by atoms with Crippen LogP contribution in [-0.4, -0.2) is 29.9 Å². The van der Waals surface area contributed by atoms with Crippen LogP contribution in [0.4, 0.5) is 4.39 Å². The highest BCUT2D eigenvalue weighted by atomic mass is 32.1. The number of carbonyl (C=O) groups excluding carboxylic acids is 1. The standard InChI is InChI=1S/C22H23FN2OS/c1-14-20-18(23)9-6-10-19(20)27-21(14)22(26)24-17-11-12-25(13-17)15(2)16-7-4-3-5-8-16/h3-10,15,17H,11-13H2,1-2H3,(H,24,26). The maximum Gasteiger partial charge on any atom is 0.261 e. The minimum absolute atomic E-state index is 0.0904. The number of rotatable bonds is 4. The van der Waals surface area contributed by atoms with E-state index < -0.39 is 0 Å². The Balaban J connectivity index is 1.45. The summed E-state index contributed by atoms with van der Waals surface area (Å²) < 4.78 is 14.9. The van der Waals surface area contributed by atoms with E-state index in [4.69, 9.17) is 0 Å². The molecule has 3 aromatic rings. The summed E-state index contributed by atoms with van der Waals surface area (Å²) in [6.07, 6.45) is 0.932. The van der Waals surface area contributed by atoms with Gasteiger partial charge in [-0.3, -0.25) is 9.69 Å². The molecule has 3 nitrogen and oxygen atoms in total. The van der Waals surface area contributed by atoms with Gasteiger partial charge >= 0.3 is 0 Å². The zero-order chi connectivity index (χ0) is 19.0. The monoisotopic (exact) mass is 382 g/mol. The van der Waals surface area contributed by atoms with Gasteiger partial charge in [-0.1, -0.05) is 36.4 Å². The summed E-state index contributed by atoms with van der Waals surface area (Å²) in [6, 6.07) is 15.9. The van der Waals surface area contributed by atoms with Crippen LogP contribution in [0.5, 0.6) is 0 Å². The fraction of sp³-hybridized carbons (Fsp3) is 0.318. The van der Waals surface area contributed by atoms with Gasteiger partial charge in [0, 0.05) is 35.3 Å². The predicted molar refractivity (Wildman–Crippen MR) is 109 cm³/mol. The molecule has 27 heavy (non-hydrogen) atoms. The molecule has 1 amide bonds. The molecule has 1 N–H and O–H groups in total. The number of hydrogen-bond donors (Lipinski definition) is 1. The van der Waals surface area contributed by atoms with Gasteiger partial charge in [0.2, 0.25) is 0 Å². The second kappa shape index (κ2) is 7.41. The first-order chi connectivity index (χ1) is 13.0. The lowest BCUT2D eigenvalue weighted by atomic mass is 10.1. The number of hydrogen-bond acceptors (Lipinski definition) is 3. The van der Waals surface area contributed by atoms with Crippen molar-refractivity contribution in [1.82, 2.24) is 10.2 Å². The topological polar surface area (TPSA) is 32.3 Å². The van der Waals surface area contributed by atoms with Crippen molar-refractivity contribution < 1.29 is 9.18 Å². The first-order valence-corrected chi connectivity index (χ1v) is 10.1. The molecule has 5 heteroatoms. The third-order valence-electron chi connectivity index (χ3n) is 5.49. The Morgan fingerprint density at radius 2 is 2.00 bits per heavy atom. The van der Waals surface area contributed by atoms with E-state index in [0.717, 1.165) is 29.8 Å². The third kappa shape index (κ3) is 3.49. The minimum atomic E-state index is -0.260. The molecule has 2 atom stereocenters. The highest BCUT2D eigenvalue weighted by molar-refractivity contribution is 7.21. The second-order valence-corrected chi connectivity index (χ2v) is 8.26. The van der Waals surface area contributed by atoms with Crippen LogP contribution in [0.15, 0.2) is 48.5 Å². The van der Waals surface area contributed by atoms with Gasteiger partial charge in [-0.15, -0.1) is 11.3 Å². The molecular weight excluding hydrogens is 359 g/mol. The fourth-order valence-corrected chi connectivity index (χ4v) is 5.05. The summed E-state index contributed by atoms with van der Waals surface area (Å²) in [5, 5.41) is 3.73. The highest BCUT2D eigenvalue weighted by Crippen LogP contribution is 2.33. The van der Waals surface area contributed by atoms with Crippen molar-refractivity contribution in [1.29, 1.82) is 0 Å². The Labute approximate surface area is 162 Å². The number of benzene rings is 2. The van der Waals surface area contributed by atoms with Gasteiger partial charge in [0.05, 0.1) is 4.88 Å². The number of nitrogens with one attached hydrogen (secondary N) is 1. The molecule has 0 spiro atoms.